The van der Waals surface area contributed by atoms with Gasteiger partial charge in [-0.25, -0.2) is 17.6 Å². The largest absolute Gasteiger partial charge is 0.311 e. The van der Waals surface area contributed by atoms with Crippen molar-refractivity contribution in [2.45, 2.75) is 0 Å². The van der Waals surface area contributed by atoms with E-state index in [2.05, 4.69) is 0 Å². The molecule has 0 saturated heterocycles. The SMILES string of the molecule is Fc1cc(F)c(F)c(-n2ccc3cc(Cl)ccc32)c1F. The maximum atomic E-state index is 13.8. The third kappa shape index (κ3) is 1.86. The Morgan fingerprint density at radius 1 is 0.850 bits per heavy atom. The number of benzene rings is 2. The second-order valence-electron chi connectivity index (χ2n) is 4.21. The fourth-order valence-electron chi connectivity index (χ4n) is 2.08. The first-order valence-corrected chi connectivity index (χ1v) is 5.97. The zero-order valence-electron chi connectivity index (χ0n) is 9.80. The predicted molar refractivity (Wildman–Crippen MR) is 68.1 cm³/mol. The number of rotatable bonds is 1. The molecule has 0 aliphatic rings. The summed E-state index contributed by atoms with van der Waals surface area (Å²) in [5.74, 6) is -5.79. The summed E-state index contributed by atoms with van der Waals surface area (Å²) < 4.78 is 55.1. The maximum Gasteiger partial charge on any atom is 0.186 e. The quantitative estimate of drug-likeness (QED) is 0.447. The first-order chi connectivity index (χ1) is 9.49. The zero-order valence-corrected chi connectivity index (χ0v) is 10.6. The van der Waals surface area contributed by atoms with E-state index in [1.165, 1.54) is 18.3 Å². The van der Waals surface area contributed by atoms with Gasteiger partial charge in [0.05, 0.1) is 5.52 Å². The highest BCUT2D eigenvalue weighted by atomic mass is 35.5. The fourth-order valence-corrected chi connectivity index (χ4v) is 2.26. The molecule has 20 heavy (non-hydrogen) atoms. The van der Waals surface area contributed by atoms with Gasteiger partial charge in [-0.1, -0.05) is 11.6 Å². The third-order valence-electron chi connectivity index (χ3n) is 2.98. The Morgan fingerprint density at radius 3 is 2.15 bits per heavy atom. The molecule has 0 amide bonds. The zero-order chi connectivity index (χ0) is 14.4. The molecule has 0 bridgehead atoms. The Kier molecular flexibility index (Phi) is 2.94. The van der Waals surface area contributed by atoms with Gasteiger partial charge in [0.25, 0.3) is 0 Å². The van der Waals surface area contributed by atoms with Crippen LogP contribution in [-0.2, 0) is 0 Å². The smallest absolute Gasteiger partial charge is 0.186 e. The second-order valence-corrected chi connectivity index (χ2v) is 4.64. The van der Waals surface area contributed by atoms with Gasteiger partial charge in [-0.3, -0.25) is 0 Å². The van der Waals surface area contributed by atoms with Crippen molar-refractivity contribution in [2.24, 2.45) is 0 Å². The molecule has 1 heterocycles. The van der Waals surface area contributed by atoms with Crippen LogP contribution in [0.3, 0.4) is 0 Å². The molecule has 3 aromatic rings. The van der Waals surface area contributed by atoms with Gasteiger partial charge in [-0.15, -0.1) is 0 Å². The Labute approximate surface area is 116 Å². The van der Waals surface area contributed by atoms with Gasteiger partial charge < -0.3 is 4.57 Å². The van der Waals surface area contributed by atoms with E-state index < -0.39 is 29.0 Å². The van der Waals surface area contributed by atoms with Crippen LogP contribution in [0.15, 0.2) is 36.5 Å². The molecular weight excluding hydrogens is 294 g/mol. The highest BCUT2D eigenvalue weighted by Gasteiger charge is 2.21. The fraction of sp³-hybridized carbons (Fsp3) is 0. The van der Waals surface area contributed by atoms with Crippen molar-refractivity contribution in [3.63, 3.8) is 0 Å². The summed E-state index contributed by atoms with van der Waals surface area (Å²) in [6.07, 6.45) is 1.32. The molecule has 0 fully saturated rings. The Morgan fingerprint density at radius 2 is 1.50 bits per heavy atom. The van der Waals surface area contributed by atoms with Crippen LogP contribution >= 0.6 is 11.6 Å². The second kappa shape index (κ2) is 4.52. The van der Waals surface area contributed by atoms with E-state index in [1.54, 1.807) is 12.1 Å². The number of hydrogen-bond donors (Lipinski definition) is 0. The van der Waals surface area contributed by atoms with E-state index in [-0.39, 0.29) is 6.07 Å². The summed E-state index contributed by atoms with van der Waals surface area (Å²) in [6, 6.07) is 6.34. The van der Waals surface area contributed by atoms with Crippen LogP contribution in [0.1, 0.15) is 0 Å². The average molecular weight is 300 g/mol. The third-order valence-corrected chi connectivity index (χ3v) is 3.22. The summed E-state index contributed by atoms with van der Waals surface area (Å²) in [6.45, 7) is 0. The maximum absolute atomic E-state index is 13.8. The molecule has 1 nitrogen and oxygen atoms in total. The van der Waals surface area contributed by atoms with Crippen molar-refractivity contribution in [3.8, 4) is 5.69 Å². The molecule has 0 saturated carbocycles. The van der Waals surface area contributed by atoms with Crippen LogP contribution in [0.5, 0.6) is 0 Å². The number of nitrogens with zero attached hydrogens (tertiary/aromatic N) is 1. The lowest BCUT2D eigenvalue weighted by Crippen LogP contribution is -2.05. The molecular formula is C14H6ClF4N. The topological polar surface area (TPSA) is 4.93 Å². The van der Waals surface area contributed by atoms with E-state index in [4.69, 9.17) is 11.6 Å². The summed E-state index contributed by atoms with van der Waals surface area (Å²) >= 11 is 5.81. The van der Waals surface area contributed by atoms with Crippen molar-refractivity contribution in [1.82, 2.24) is 4.57 Å². The number of halogens is 5. The van der Waals surface area contributed by atoms with Gasteiger partial charge in [-0.05, 0) is 24.3 Å². The van der Waals surface area contributed by atoms with Crippen molar-refractivity contribution >= 4 is 22.5 Å². The Balaban J connectivity index is 2.37. The van der Waals surface area contributed by atoms with Crippen LogP contribution < -0.4 is 0 Å². The minimum absolute atomic E-state index is 0.177. The Hall–Kier alpha value is -2.01. The summed E-state index contributed by atoms with van der Waals surface area (Å²) in [7, 11) is 0. The minimum Gasteiger partial charge on any atom is -0.311 e. The molecule has 0 radical (unpaired) electrons. The van der Waals surface area contributed by atoms with E-state index >= 15 is 0 Å². The molecule has 0 aliphatic carbocycles. The van der Waals surface area contributed by atoms with Gasteiger partial charge in [0.1, 0.15) is 5.69 Å². The molecule has 0 N–H and O–H groups in total. The highest BCUT2D eigenvalue weighted by Crippen LogP contribution is 2.28. The van der Waals surface area contributed by atoms with Gasteiger partial charge in [0.15, 0.2) is 23.3 Å². The number of fused-ring (bicyclic) bond motifs is 1. The van der Waals surface area contributed by atoms with Crippen LogP contribution in [0, 0.1) is 23.3 Å². The average Bonchev–Trinajstić information content (AvgIpc) is 2.80. The lowest BCUT2D eigenvalue weighted by Gasteiger charge is -2.09. The van der Waals surface area contributed by atoms with Gasteiger partial charge in [-0.2, -0.15) is 0 Å². The lowest BCUT2D eigenvalue weighted by atomic mass is 10.2. The molecule has 102 valence electrons. The molecule has 0 unspecified atom stereocenters. The van der Waals surface area contributed by atoms with E-state index in [0.29, 0.717) is 15.9 Å². The molecule has 2 aromatic carbocycles. The minimum atomic E-state index is -1.45. The highest BCUT2D eigenvalue weighted by molar-refractivity contribution is 6.31. The van der Waals surface area contributed by atoms with Gasteiger partial charge in [0.2, 0.25) is 0 Å². The summed E-state index contributed by atoms with van der Waals surface area (Å²) in [5, 5.41) is 1.04. The molecule has 0 spiro atoms. The normalized spacial score (nSPS) is 11.2. The summed E-state index contributed by atoms with van der Waals surface area (Å²) in [4.78, 5) is 0. The van der Waals surface area contributed by atoms with Crippen LogP contribution in [0.25, 0.3) is 16.6 Å². The van der Waals surface area contributed by atoms with Crippen LogP contribution in [0.4, 0.5) is 17.6 Å². The van der Waals surface area contributed by atoms with E-state index in [9.17, 15) is 17.6 Å². The molecule has 6 heteroatoms. The van der Waals surface area contributed by atoms with E-state index in [0.717, 1.165) is 4.57 Å². The van der Waals surface area contributed by atoms with E-state index in [1.807, 2.05) is 0 Å². The van der Waals surface area contributed by atoms with Crippen LogP contribution in [-0.4, -0.2) is 4.57 Å². The Bertz CT molecular complexity index is 799. The standard InChI is InChI=1S/C14H6ClF4N/c15-8-1-2-11-7(5-8)3-4-20(11)14-12(18)9(16)6-10(17)13(14)19/h1-6H. The van der Waals surface area contributed by atoms with Gasteiger partial charge in [0, 0.05) is 22.7 Å². The molecule has 1 aromatic heterocycles. The number of hydrogen-bond acceptors (Lipinski definition) is 0. The molecule has 3 rings (SSSR count). The predicted octanol–water partition coefficient (Wildman–Crippen LogP) is 4.84. The van der Waals surface area contributed by atoms with Crippen molar-refractivity contribution < 1.29 is 17.6 Å². The van der Waals surface area contributed by atoms with Gasteiger partial charge >= 0.3 is 0 Å². The molecule has 0 aliphatic heterocycles. The van der Waals surface area contributed by atoms with Crippen molar-refractivity contribution in [2.75, 3.05) is 0 Å². The monoisotopic (exact) mass is 299 g/mol. The lowest BCUT2D eigenvalue weighted by molar-refractivity contribution is 0.449. The van der Waals surface area contributed by atoms with Crippen LogP contribution in [0.2, 0.25) is 5.02 Å². The summed E-state index contributed by atoms with van der Waals surface area (Å²) in [5.41, 5.74) is -0.406. The number of aromatic nitrogens is 1. The molecule has 0 atom stereocenters. The van der Waals surface area contributed by atoms with Crippen molar-refractivity contribution in [3.05, 3.63) is 64.8 Å². The van der Waals surface area contributed by atoms with Crippen molar-refractivity contribution in [1.29, 1.82) is 0 Å². The first kappa shape index (κ1) is 13.0. The first-order valence-electron chi connectivity index (χ1n) is 5.59.